The minimum atomic E-state index is -0.425. The van der Waals surface area contributed by atoms with Crippen molar-refractivity contribution in [3.05, 3.63) is 18.2 Å². The first-order valence-electron chi connectivity index (χ1n) is 4.29. The zero-order chi connectivity index (χ0) is 10.1. The third-order valence-corrected chi connectivity index (χ3v) is 1.91. The van der Waals surface area contributed by atoms with Crippen LogP contribution in [0.2, 0.25) is 0 Å². The summed E-state index contributed by atoms with van der Waals surface area (Å²) in [6.45, 7) is 1.71. The molecule has 0 aliphatic carbocycles. The van der Waals surface area contributed by atoms with E-state index in [9.17, 15) is 5.11 Å². The lowest BCUT2D eigenvalue weighted by Gasteiger charge is -2.02. The van der Waals surface area contributed by atoms with Crippen LogP contribution in [-0.4, -0.2) is 30.8 Å². The number of fused-ring (bicyclic) bond motifs is 1. The van der Waals surface area contributed by atoms with E-state index in [0.717, 1.165) is 5.69 Å². The van der Waals surface area contributed by atoms with Crippen molar-refractivity contribution in [2.75, 3.05) is 5.73 Å². The zero-order valence-electron chi connectivity index (χ0n) is 7.75. The molecule has 2 heterocycles. The summed E-state index contributed by atoms with van der Waals surface area (Å²) in [4.78, 5) is 7.89. The van der Waals surface area contributed by atoms with Gasteiger partial charge in [-0.1, -0.05) is 0 Å². The van der Waals surface area contributed by atoms with Crippen LogP contribution in [0.15, 0.2) is 12.5 Å². The molecule has 0 aliphatic heterocycles. The third kappa shape index (κ3) is 1.39. The van der Waals surface area contributed by atoms with Gasteiger partial charge in [-0.2, -0.15) is 5.10 Å². The van der Waals surface area contributed by atoms with Crippen molar-refractivity contribution in [3.8, 4) is 0 Å². The molecule has 2 rings (SSSR count). The Morgan fingerprint density at radius 2 is 2.36 bits per heavy atom. The maximum atomic E-state index is 9.24. The first kappa shape index (κ1) is 8.89. The molecular formula is C8H11N5O. The van der Waals surface area contributed by atoms with Crippen LogP contribution in [0, 0.1) is 0 Å². The van der Waals surface area contributed by atoms with E-state index in [1.54, 1.807) is 17.6 Å². The minimum Gasteiger partial charge on any atom is -0.393 e. The van der Waals surface area contributed by atoms with E-state index in [0.29, 0.717) is 17.9 Å². The van der Waals surface area contributed by atoms with Gasteiger partial charge in [0.1, 0.15) is 6.33 Å². The molecular weight excluding hydrogens is 182 g/mol. The first-order valence-corrected chi connectivity index (χ1v) is 4.29. The summed E-state index contributed by atoms with van der Waals surface area (Å²) in [5.41, 5.74) is 6.96. The van der Waals surface area contributed by atoms with Gasteiger partial charge in [-0.25, -0.2) is 14.5 Å². The average Bonchev–Trinajstić information content (AvgIpc) is 2.49. The topological polar surface area (TPSA) is 89.3 Å². The second-order valence-electron chi connectivity index (χ2n) is 3.18. The van der Waals surface area contributed by atoms with E-state index < -0.39 is 6.10 Å². The molecule has 74 valence electrons. The van der Waals surface area contributed by atoms with Crippen LogP contribution in [0.25, 0.3) is 5.65 Å². The van der Waals surface area contributed by atoms with Gasteiger partial charge in [-0.15, -0.1) is 0 Å². The molecule has 0 bridgehead atoms. The highest BCUT2D eigenvalue weighted by atomic mass is 16.3. The van der Waals surface area contributed by atoms with Gasteiger partial charge in [0.2, 0.25) is 0 Å². The van der Waals surface area contributed by atoms with Gasteiger partial charge in [0.05, 0.1) is 18.0 Å². The molecule has 6 nitrogen and oxygen atoms in total. The number of aliphatic hydroxyl groups excluding tert-OH is 1. The zero-order valence-corrected chi connectivity index (χ0v) is 7.75. The minimum absolute atomic E-state index is 0.344. The number of hydrogen-bond acceptors (Lipinski definition) is 5. The smallest absolute Gasteiger partial charge is 0.196 e. The number of anilines is 1. The molecule has 0 radical (unpaired) electrons. The Kier molecular flexibility index (Phi) is 2.05. The number of hydrogen-bond donors (Lipinski definition) is 2. The second kappa shape index (κ2) is 3.22. The highest BCUT2D eigenvalue weighted by molar-refractivity contribution is 5.58. The van der Waals surface area contributed by atoms with E-state index in [2.05, 4.69) is 15.1 Å². The summed E-state index contributed by atoms with van der Waals surface area (Å²) < 4.78 is 1.59. The quantitative estimate of drug-likeness (QED) is 0.679. The lowest BCUT2D eigenvalue weighted by Crippen LogP contribution is -2.08. The highest BCUT2D eigenvalue weighted by Gasteiger charge is 2.09. The monoisotopic (exact) mass is 193 g/mol. The molecule has 0 unspecified atom stereocenters. The number of aromatic nitrogens is 4. The maximum Gasteiger partial charge on any atom is 0.196 e. The largest absolute Gasteiger partial charge is 0.393 e. The number of nitrogen functional groups attached to an aromatic ring is 1. The number of nitrogens with two attached hydrogens (primary N) is 1. The Morgan fingerprint density at radius 1 is 1.57 bits per heavy atom. The highest BCUT2D eigenvalue weighted by Crippen LogP contribution is 2.10. The maximum absolute atomic E-state index is 9.24. The van der Waals surface area contributed by atoms with Gasteiger partial charge >= 0.3 is 0 Å². The van der Waals surface area contributed by atoms with Gasteiger partial charge in [0, 0.05) is 6.42 Å². The van der Waals surface area contributed by atoms with E-state index in [-0.39, 0.29) is 0 Å². The molecule has 1 atom stereocenters. The van der Waals surface area contributed by atoms with Gasteiger partial charge in [-0.05, 0) is 6.92 Å². The van der Waals surface area contributed by atoms with E-state index in [4.69, 9.17) is 5.73 Å². The molecule has 0 aliphatic rings. The molecule has 2 aromatic heterocycles. The van der Waals surface area contributed by atoms with Crippen molar-refractivity contribution in [3.63, 3.8) is 0 Å². The van der Waals surface area contributed by atoms with Crippen molar-refractivity contribution < 1.29 is 5.11 Å². The lowest BCUT2D eigenvalue weighted by atomic mass is 10.2. The lowest BCUT2D eigenvalue weighted by molar-refractivity contribution is 0.193. The van der Waals surface area contributed by atoms with Crippen molar-refractivity contribution in [1.29, 1.82) is 0 Å². The molecule has 0 aromatic carbocycles. The SMILES string of the molecule is C[C@@H](O)Cc1cnc2c(N)ncnn12. The Morgan fingerprint density at radius 3 is 3.07 bits per heavy atom. The van der Waals surface area contributed by atoms with Crippen LogP contribution >= 0.6 is 0 Å². The molecule has 6 heteroatoms. The fourth-order valence-electron chi connectivity index (χ4n) is 1.32. The summed E-state index contributed by atoms with van der Waals surface area (Å²) in [7, 11) is 0. The number of aliphatic hydroxyl groups is 1. The first-order chi connectivity index (χ1) is 6.68. The number of imidazole rings is 1. The molecule has 0 fully saturated rings. The van der Waals surface area contributed by atoms with Crippen LogP contribution in [0.4, 0.5) is 5.82 Å². The molecule has 0 spiro atoms. The summed E-state index contributed by atoms with van der Waals surface area (Å²) in [6.07, 6.45) is 3.09. The van der Waals surface area contributed by atoms with E-state index in [1.807, 2.05) is 0 Å². The second-order valence-corrected chi connectivity index (χ2v) is 3.18. The Bertz CT molecular complexity index is 450. The Balaban J connectivity index is 2.52. The summed E-state index contributed by atoms with van der Waals surface area (Å²) in [6, 6.07) is 0. The van der Waals surface area contributed by atoms with Crippen molar-refractivity contribution in [2.24, 2.45) is 0 Å². The standard InChI is InChI=1S/C8H11N5O/c1-5(14)2-6-3-10-8-7(9)11-4-12-13(6)8/h3-5,14H,2H2,1H3,(H2,9,11,12)/t5-/m1/s1. The van der Waals surface area contributed by atoms with Crippen LogP contribution < -0.4 is 5.73 Å². The van der Waals surface area contributed by atoms with Gasteiger partial charge in [0.15, 0.2) is 11.5 Å². The number of rotatable bonds is 2. The van der Waals surface area contributed by atoms with Crippen LogP contribution in [0.1, 0.15) is 12.6 Å². The molecule has 14 heavy (non-hydrogen) atoms. The van der Waals surface area contributed by atoms with Crippen LogP contribution in [-0.2, 0) is 6.42 Å². The van der Waals surface area contributed by atoms with Crippen molar-refractivity contribution in [1.82, 2.24) is 19.6 Å². The fraction of sp³-hybridized carbons (Fsp3) is 0.375. The van der Waals surface area contributed by atoms with Crippen molar-refractivity contribution in [2.45, 2.75) is 19.4 Å². The Hall–Kier alpha value is -1.69. The average molecular weight is 193 g/mol. The van der Waals surface area contributed by atoms with Gasteiger partial charge in [-0.3, -0.25) is 0 Å². The normalized spacial score (nSPS) is 13.3. The van der Waals surface area contributed by atoms with Crippen LogP contribution in [0.5, 0.6) is 0 Å². The fourth-order valence-corrected chi connectivity index (χ4v) is 1.32. The third-order valence-electron chi connectivity index (χ3n) is 1.91. The summed E-state index contributed by atoms with van der Waals surface area (Å²) in [5, 5.41) is 13.2. The van der Waals surface area contributed by atoms with Crippen molar-refractivity contribution >= 4 is 11.5 Å². The molecule has 0 saturated carbocycles. The number of nitrogens with zero attached hydrogens (tertiary/aromatic N) is 4. The molecule has 0 saturated heterocycles. The molecule has 0 amide bonds. The summed E-state index contributed by atoms with van der Waals surface area (Å²) >= 11 is 0. The van der Waals surface area contributed by atoms with E-state index in [1.165, 1.54) is 6.33 Å². The Labute approximate surface area is 80.4 Å². The van der Waals surface area contributed by atoms with Gasteiger partial charge < -0.3 is 10.8 Å². The molecule has 2 aromatic rings. The van der Waals surface area contributed by atoms with Crippen LogP contribution in [0.3, 0.4) is 0 Å². The molecule has 3 N–H and O–H groups in total. The van der Waals surface area contributed by atoms with E-state index >= 15 is 0 Å². The summed E-state index contributed by atoms with van der Waals surface area (Å²) in [5.74, 6) is 0.344. The predicted molar refractivity (Wildman–Crippen MR) is 50.6 cm³/mol. The predicted octanol–water partition coefficient (Wildman–Crippen LogP) is -0.370. The van der Waals surface area contributed by atoms with Gasteiger partial charge in [0.25, 0.3) is 0 Å².